The maximum atomic E-state index is 12.7. The quantitative estimate of drug-likeness (QED) is 0.874. The van der Waals surface area contributed by atoms with E-state index in [1.54, 1.807) is 12.0 Å². The lowest BCUT2D eigenvalue weighted by Crippen LogP contribution is -2.54. The van der Waals surface area contributed by atoms with E-state index in [0.717, 1.165) is 5.56 Å². The summed E-state index contributed by atoms with van der Waals surface area (Å²) in [7, 11) is 1.58. The third kappa shape index (κ3) is 5.85. The Morgan fingerprint density at radius 1 is 1.15 bits per heavy atom. The van der Waals surface area contributed by atoms with Crippen LogP contribution in [0.4, 0.5) is 10.5 Å². The minimum absolute atomic E-state index is 0.0929. The fourth-order valence-corrected chi connectivity index (χ4v) is 2.94. The second-order valence-electron chi connectivity index (χ2n) is 7.87. The average molecular weight is 377 g/mol. The van der Waals surface area contributed by atoms with Crippen LogP contribution in [0.15, 0.2) is 18.2 Å². The Hall–Kier alpha value is -2.28. The summed E-state index contributed by atoms with van der Waals surface area (Å²) in [6, 6.07) is 5.36. The molecule has 1 aromatic rings. The number of nitrogens with one attached hydrogen (secondary N) is 1. The molecule has 1 fully saturated rings. The molecule has 0 aliphatic carbocycles. The number of benzene rings is 1. The fraction of sp³-hybridized carbons (Fsp3) is 0.600. The van der Waals surface area contributed by atoms with E-state index in [-0.39, 0.29) is 18.0 Å². The number of piperazine rings is 1. The third-order valence-corrected chi connectivity index (χ3v) is 4.51. The molecule has 150 valence electrons. The van der Waals surface area contributed by atoms with Gasteiger partial charge in [0.2, 0.25) is 5.91 Å². The molecule has 0 bridgehead atoms. The van der Waals surface area contributed by atoms with Crippen molar-refractivity contribution >= 4 is 17.7 Å². The minimum Gasteiger partial charge on any atom is -0.495 e. The molecule has 7 heteroatoms. The van der Waals surface area contributed by atoms with Crippen LogP contribution in [0.1, 0.15) is 33.3 Å². The molecule has 1 N–H and O–H groups in total. The van der Waals surface area contributed by atoms with Gasteiger partial charge in [-0.3, -0.25) is 9.69 Å². The Bertz CT molecular complexity index is 676. The van der Waals surface area contributed by atoms with E-state index in [0.29, 0.717) is 37.6 Å². The van der Waals surface area contributed by atoms with Gasteiger partial charge in [0.25, 0.3) is 0 Å². The predicted octanol–water partition coefficient (Wildman–Crippen LogP) is 2.88. The zero-order chi connectivity index (χ0) is 20.2. The maximum Gasteiger partial charge on any atom is 0.410 e. The molecule has 2 rings (SSSR count). The number of aryl methyl sites for hydroxylation is 1. The van der Waals surface area contributed by atoms with Crippen LogP contribution in [0.2, 0.25) is 0 Å². The van der Waals surface area contributed by atoms with Gasteiger partial charge in [-0.2, -0.15) is 0 Å². The summed E-state index contributed by atoms with van der Waals surface area (Å²) in [5.41, 5.74) is 1.21. The second-order valence-corrected chi connectivity index (χ2v) is 7.87. The van der Waals surface area contributed by atoms with Gasteiger partial charge in [-0.15, -0.1) is 0 Å². The number of methoxy groups -OCH3 is 1. The number of amides is 2. The van der Waals surface area contributed by atoms with Gasteiger partial charge in [-0.05, 0) is 52.3 Å². The summed E-state index contributed by atoms with van der Waals surface area (Å²) in [5.74, 6) is 0.542. The predicted molar refractivity (Wildman–Crippen MR) is 105 cm³/mol. The summed E-state index contributed by atoms with van der Waals surface area (Å²) in [6.45, 7) is 11.7. The van der Waals surface area contributed by atoms with Gasteiger partial charge in [-0.25, -0.2) is 4.79 Å². The van der Waals surface area contributed by atoms with E-state index < -0.39 is 5.60 Å². The monoisotopic (exact) mass is 377 g/mol. The number of hydrogen-bond acceptors (Lipinski definition) is 5. The Balaban J connectivity index is 1.92. The van der Waals surface area contributed by atoms with E-state index in [1.165, 1.54) is 0 Å². The molecule has 7 nitrogen and oxygen atoms in total. The summed E-state index contributed by atoms with van der Waals surface area (Å²) >= 11 is 0. The van der Waals surface area contributed by atoms with Crippen LogP contribution in [0, 0.1) is 6.92 Å². The Kier molecular flexibility index (Phi) is 6.70. The minimum atomic E-state index is -0.506. The third-order valence-electron chi connectivity index (χ3n) is 4.51. The van der Waals surface area contributed by atoms with E-state index in [4.69, 9.17) is 9.47 Å². The molecule has 1 saturated heterocycles. The van der Waals surface area contributed by atoms with Crippen LogP contribution in [0.25, 0.3) is 0 Å². The maximum absolute atomic E-state index is 12.7. The van der Waals surface area contributed by atoms with Crippen molar-refractivity contribution < 1.29 is 19.1 Å². The first-order valence-corrected chi connectivity index (χ1v) is 9.28. The summed E-state index contributed by atoms with van der Waals surface area (Å²) in [4.78, 5) is 28.6. The molecule has 0 aromatic heterocycles. The molecule has 0 spiro atoms. The van der Waals surface area contributed by atoms with Crippen molar-refractivity contribution in [1.29, 1.82) is 0 Å². The molecular formula is C20H31N3O4. The van der Waals surface area contributed by atoms with E-state index in [9.17, 15) is 9.59 Å². The van der Waals surface area contributed by atoms with Crippen LogP contribution in [-0.4, -0.2) is 66.7 Å². The highest BCUT2D eigenvalue weighted by Gasteiger charge is 2.30. The van der Waals surface area contributed by atoms with Crippen molar-refractivity contribution in [2.75, 3.05) is 38.6 Å². The molecule has 1 aromatic carbocycles. The van der Waals surface area contributed by atoms with Crippen molar-refractivity contribution in [2.45, 2.75) is 46.3 Å². The lowest BCUT2D eigenvalue weighted by molar-refractivity contribution is -0.121. The Labute approximate surface area is 161 Å². The van der Waals surface area contributed by atoms with Gasteiger partial charge in [0.15, 0.2) is 0 Å². The number of carbonyl (C=O) groups excluding carboxylic acids is 2. The summed E-state index contributed by atoms with van der Waals surface area (Å²) in [5, 5.41) is 2.95. The lowest BCUT2D eigenvalue weighted by Gasteiger charge is -2.37. The number of ether oxygens (including phenoxy) is 2. The number of hydrogen-bond donors (Lipinski definition) is 1. The summed E-state index contributed by atoms with van der Waals surface area (Å²) < 4.78 is 10.7. The molecule has 1 aliphatic rings. The Morgan fingerprint density at radius 2 is 1.78 bits per heavy atom. The summed E-state index contributed by atoms with van der Waals surface area (Å²) in [6.07, 6.45) is -0.302. The average Bonchev–Trinajstić information content (AvgIpc) is 2.60. The van der Waals surface area contributed by atoms with Crippen molar-refractivity contribution in [1.82, 2.24) is 9.80 Å². The number of rotatable bonds is 4. The van der Waals surface area contributed by atoms with Crippen LogP contribution in [0.3, 0.4) is 0 Å². The first-order valence-electron chi connectivity index (χ1n) is 9.28. The molecule has 27 heavy (non-hydrogen) atoms. The smallest absolute Gasteiger partial charge is 0.410 e. The molecule has 1 unspecified atom stereocenters. The van der Waals surface area contributed by atoms with Crippen molar-refractivity contribution in [3.63, 3.8) is 0 Å². The SMILES string of the molecule is COc1ccc(C)cc1NC(=O)C(C)N1CCN(C(=O)OC(C)(C)C)CC1. The highest BCUT2D eigenvalue weighted by Crippen LogP contribution is 2.25. The molecule has 1 atom stereocenters. The highest BCUT2D eigenvalue weighted by molar-refractivity contribution is 5.96. The molecule has 1 aliphatic heterocycles. The standard InChI is InChI=1S/C20H31N3O4/c1-14-7-8-17(26-6)16(13-14)21-18(24)15(2)22-9-11-23(12-10-22)19(25)27-20(3,4)5/h7-8,13,15H,9-12H2,1-6H3,(H,21,24). The van der Waals surface area contributed by atoms with E-state index >= 15 is 0 Å². The molecule has 2 amide bonds. The van der Waals surface area contributed by atoms with Gasteiger partial charge in [0, 0.05) is 26.2 Å². The van der Waals surface area contributed by atoms with Crippen LogP contribution in [-0.2, 0) is 9.53 Å². The number of carbonyl (C=O) groups is 2. The van der Waals surface area contributed by atoms with Gasteiger partial charge in [0.1, 0.15) is 11.4 Å². The zero-order valence-corrected chi connectivity index (χ0v) is 17.2. The fourth-order valence-electron chi connectivity index (χ4n) is 2.94. The molecular weight excluding hydrogens is 346 g/mol. The van der Waals surface area contributed by atoms with E-state index in [2.05, 4.69) is 10.2 Å². The topological polar surface area (TPSA) is 71.1 Å². The van der Waals surface area contributed by atoms with Crippen molar-refractivity contribution in [3.8, 4) is 5.75 Å². The van der Waals surface area contributed by atoms with Crippen LogP contribution in [0.5, 0.6) is 5.75 Å². The van der Waals surface area contributed by atoms with Gasteiger partial charge in [-0.1, -0.05) is 6.07 Å². The first kappa shape index (κ1) is 21.0. The second kappa shape index (κ2) is 8.61. The normalized spacial score (nSPS) is 16.6. The van der Waals surface area contributed by atoms with Gasteiger partial charge in [0.05, 0.1) is 18.8 Å². The van der Waals surface area contributed by atoms with Gasteiger partial charge >= 0.3 is 6.09 Å². The molecule has 0 radical (unpaired) electrons. The van der Waals surface area contributed by atoms with Crippen LogP contribution >= 0.6 is 0 Å². The van der Waals surface area contributed by atoms with Gasteiger partial charge < -0.3 is 19.7 Å². The lowest BCUT2D eigenvalue weighted by atomic mass is 10.1. The van der Waals surface area contributed by atoms with Crippen LogP contribution < -0.4 is 10.1 Å². The largest absolute Gasteiger partial charge is 0.495 e. The molecule has 1 heterocycles. The molecule has 0 saturated carbocycles. The highest BCUT2D eigenvalue weighted by atomic mass is 16.6. The first-order chi connectivity index (χ1) is 12.6. The van der Waals surface area contributed by atoms with Crippen molar-refractivity contribution in [3.05, 3.63) is 23.8 Å². The number of anilines is 1. The van der Waals surface area contributed by atoms with Crippen molar-refractivity contribution in [2.24, 2.45) is 0 Å². The number of nitrogens with zero attached hydrogens (tertiary/aromatic N) is 2. The zero-order valence-electron chi connectivity index (χ0n) is 17.2. The van der Waals surface area contributed by atoms with E-state index in [1.807, 2.05) is 52.8 Å². The Morgan fingerprint density at radius 3 is 2.33 bits per heavy atom.